The van der Waals surface area contributed by atoms with E-state index in [0.717, 1.165) is 0 Å². The topological polar surface area (TPSA) is 81.4 Å². The molecule has 0 unspecified atom stereocenters. The van der Waals surface area contributed by atoms with Crippen LogP contribution in [0.5, 0.6) is 5.88 Å². The average molecular weight is 296 g/mol. The number of hydrogen-bond donors (Lipinski definition) is 0. The van der Waals surface area contributed by atoms with E-state index < -0.39 is 7.60 Å². The second-order valence-corrected chi connectivity index (χ2v) is 6.09. The molecule has 0 saturated carbocycles. The van der Waals surface area contributed by atoms with Crippen LogP contribution in [0.2, 0.25) is 0 Å². The molecule has 8 heteroatoms. The summed E-state index contributed by atoms with van der Waals surface area (Å²) >= 11 is 0. The van der Waals surface area contributed by atoms with E-state index in [2.05, 4.69) is 4.98 Å². The molecule has 0 aliphatic rings. The van der Waals surface area contributed by atoms with Gasteiger partial charge in [-0.15, -0.1) is 0 Å². The first-order valence-corrected chi connectivity index (χ1v) is 8.05. The largest absolute Gasteiger partial charge is 0.481 e. The lowest BCUT2D eigenvalue weighted by Crippen LogP contribution is -2.14. The number of methoxy groups -OCH3 is 1. The van der Waals surface area contributed by atoms with Gasteiger partial charge in [0, 0.05) is 5.56 Å². The van der Waals surface area contributed by atoms with Gasteiger partial charge in [0.25, 0.3) is 0 Å². The van der Waals surface area contributed by atoms with Crippen molar-refractivity contribution in [1.29, 1.82) is 5.26 Å². The quantitative estimate of drug-likeness (QED) is 0.551. The minimum atomic E-state index is -3.23. The number of nitriles is 1. The molecule has 6 nitrogen and oxygen atoms in total. The van der Waals surface area contributed by atoms with Gasteiger partial charge in [0.2, 0.25) is 5.88 Å². The molecule has 1 heterocycles. The van der Waals surface area contributed by atoms with Crippen molar-refractivity contribution >= 4 is 20.9 Å². The van der Waals surface area contributed by atoms with Crippen LogP contribution < -0.4 is 10.2 Å². The van der Waals surface area contributed by atoms with Crippen LogP contribution in [0, 0.1) is 11.3 Å². The van der Waals surface area contributed by atoms with Crippen molar-refractivity contribution in [1.82, 2.24) is 4.98 Å². The van der Waals surface area contributed by atoms with Gasteiger partial charge >= 0.3 is 7.60 Å². The number of hydrogen-bond acceptors (Lipinski definition) is 6. The second kappa shape index (κ2) is 7.44. The molecule has 0 aliphatic heterocycles. The van der Waals surface area contributed by atoms with Gasteiger partial charge in [-0.1, -0.05) is 11.5 Å². The summed E-state index contributed by atoms with van der Waals surface area (Å²) in [5.41, 5.74) is 1.59. The molecule has 1 aromatic heterocycles. The molecule has 20 heavy (non-hydrogen) atoms. The highest BCUT2D eigenvalue weighted by molar-refractivity contribution is 7.53. The standard InChI is InChI=1S/C12H18BN2O4P/c1-4-18-20(16,19-5-2)8-9-6-10(13)11(7-14)15-12(9)17-3/h6H,4-5,8,13H2,1-3H3. The summed E-state index contributed by atoms with van der Waals surface area (Å²) in [5, 5.41) is 8.96. The van der Waals surface area contributed by atoms with Gasteiger partial charge in [0.05, 0.1) is 26.5 Å². The van der Waals surface area contributed by atoms with Crippen molar-refractivity contribution in [3.05, 3.63) is 17.3 Å². The van der Waals surface area contributed by atoms with Gasteiger partial charge in [-0.25, -0.2) is 4.98 Å². The molecular formula is C12H18BN2O4P. The summed E-state index contributed by atoms with van der Waals surface area (Å²) in [4.78, 5) is 4.10. The summed E-state index contributed by atoms with van der Waals surface area (Å²) in [6.07, 6.45) is 0.0669. The van der Waals surface area contributed by atoms with Crippen LogP contribution in [-0.4, -0.2) is 33.2 Å². The number of pyridine rings is 1. The Morgan fingerprint density at radius 2 is 2.00 bits per heavy atom. The van der Waals surface area contributed by atoms with Crippen molar-refractivity contribution in [3.8, 4) is 11.9 Å². The minimum absolute atomic E-state index is 0.0669. The van der Waals surface area contributed by atoms with Gasteiger partial charge in [0.15, 0.2) is 0 Å². The zero-order chi connectivity index (χ0) is 15.2. The predicted octanol–water partition coefficient (Wildman–Crippen LogP) is 0.986. The normalized spacial score (nSPS) is 11.1. The Kier molecular flexibility index (Phi) is 6.22. The molecule has 0 atom stereocenters. The highest BCUT2D eigenvalue weighted by atomic mass is 31.2. The monoisotopic (exact) mass is 296 g/mol. The summed E-state index contributed by atoms with van der Waals surface area (Å²) < 4.78 is 28.2. The third-order valence-electron chi connectivity index (χ3n) is 2.57. The molecule has 0 radical (unpaired) electrons. The predicted molar refractivity (Wildman–Crippen MR) is 78.2 cm³/mol. The summed E-state index contributed by atoms with van der Waals surface area (Å²) in [5.74, 6) is 0.270. The van der Waals surface area contributed by atoms with Crippen LogP contribution in [0.25, 0.3) is 0 Å². The van der Waals surface area contributed by atoms with Crippen LogP contribution in [0.4, 0.5) is 0 Å². The molecular weight excluding hydrogens is 278 g/mol. The van der Waals surface area contributed by atoms with Crippen molar-refractivity contribution in [2.45, 2.75) is 20.0 Å². The van der Waals surface area contributed by atoms with Gasteiger partial charge < -0.3 is 13.8 Å². The zero-order valence-electron chi connectivity index (χ0n) is 12.2. The maximum Gasteiger partial charge on any atom is 0.335 e. The van der Waals surface area contributed by atoms with E-state index in [1.807, 2.05) is 6.07 Å². The molecule has 1 rings (SSSR count). The number of rotatable bonds is 7. The van der Waals surface area contributed by atoms with Crippen LogP contribution in [0.3, 0.4) is 0 Å². The Morgan fingerprint density at radius 1 is 1.40 bits per heavy atom. The van der Waals surface area contributed by atoms with Gasteiger partial charge in [-0.05, 0) is 13.8 Å². The summed E-state index contributed by atoms with van der Waals surface area (Å²) in [7, 11) is -0.0100. The molecule has 0 N–H and O–H groups in total. The number of nitrogens with zero attached hydrogens (tertiary/aromatic N) is 2. The van der Waals surface area contributed by atoms with E-state index in [1.54, 1.807) is 27.8 Å². The third kappa shape index (κ3) is 4.07. The molecule has 1 aromatic rings. The fourth-order valence-corrected chi connectivity index (χ4v) is 3.47. The maximum atomic E-state index is 12.5. The van der Waals surface area contributed by atoms with Crippen molar-refractivity contribution in [2.75, 3.05) is 20.3 Å². The smallest absolute Gasteiger partial charge is 0.335 e. The summed E-state index contributed by atoms with van der Waals surface area (Å²) in [6, 6.07) is 3.72. The molecule has 0 spiro atoms. The molecule has 0 aromatic carbocycles. The Balaban J connectivity index is 3.16. The highest BCUT2D eigenvalue weighted by Crippen LogP contribution is 2.52. The average Bonchev–Trinajstić information content (AvgIpc) is 2.39. The lowest BCUT2D eigenvalue weighted by atomic mass is 9.93. The van der Waals surface area contributed by atoms with Crippen molar-refractivity contribution in [3.63, 3.8) is 0 Å². The van der Waals surface area contributed by atoms with Crippen LogP contribution >= 0.6 is 7.60 Å². The van der Waals surface area contributed by atoms with E-state index >= 15 is 0 Å². The second-order valence-electron chi connectivity index (χ2n) is 4.04. The fraction of sp³-hybridized carbons (Fsp3) is 0.500. The van der Waals surface area contributed by atoms with Crippen molar-refractivity contribution in [2.24, 2.45) is 0 Å². The van der Waals surface area contributed by atoms with E-state index in [4.69, 9.17) is 19.0 Å². The third-order valence-corrected chi connectivity index (χ3v) is 4.60. The van der Waals surface area contributed by atoms with Crippen molar-refractivity contribution < 1.29 is 18.3 Å². The highest BCUT2D eigenvalue weighted by Gasteiger charge is 2.27. The zero-order valence-corrected chi connectivity index (χ0v) is 13.1. The number of aromatic nitrogens is 1. The van der Waals surface area contributed by atoms with Crippen LogP contribution in [0.15, 0.2) is 6.07 Å². The Morgan fingerprint density at radius 3 is 2.45 bits per heavy atom. The lowest BCUT2D eigenvalue weighted by molar-refractivity contribution is 0.218. The van der Waals surface area contributed by atoms with Crippen LogP contribution in [-0.2, 0) is 19.8 Å². The molecule has 0 amide bonds. The Hall–Kier alpha value is -1.35. The van der Waals surface area contributed by atoms with Gasteiger partial charge in [-0.3, -0.25) is 4.57 Å². The molecule has 0 aliphatic carbocycles. The molecule has 108 valence electrons. The maximum absolute atomic E-state index is 12.5. The van der Waals surface area contributed by atoms with Crippen LogP contribution in [0.1, 0.15) is 25.1 Å². The SMILES string of the molecule is Bc1cc(CP(=O)(OCC)OCC)c(OC)nc1C#N. The first-order chi connectivity index (χ1) is 9.49. The van der Waals surface area contributed by atoms with E-state index in [0.29, 0.717) is 24.2 Å². The number of ether oxygens (including phenoxy) is 1. The van der Waals surface area contributed by atoms with Gasteiger partial charge in [-0.2, -0.15) is 5.26 Å². The van der Waals surface area contributed by atoms with E-state index in [-0.39, 0.29) is 17.7 Å². The van der Waals surface area contributed by atoms with E-state index in [1.165, 1.54) is 7.11 Å². The first kappa shape index (κ1) is 16.7. The Labute approximate surface area is 120 Å². The fourth-order valence-electron chi connectivity index (χ4n) is 1.79. The summed E-state index contributed by atoms with van der Waals surface area (Å²) in [6.45, 7) is 4.10. The van der Waals surface area contributed by atoms with E-state index in [9.17, 15) is 4.57 Å². The minimum Gasteiger partial charge on any atom is -0.481 e. The lowest BCUT2D eigenvalue weighted by Gasteiger charge is -2.18. The Bertz CT molecular complexity index is 549. The first-order valence-electron chi connectivity index (χ1n) is 6.32. The molecule has 0 fully saturated rings. The molecule has 0 bridgehead atoms. The molecule has 0 saturated heterocycles. The van der Waals surface area contributed by atoms with Gasteiger partial charge in [0.1, 0.15) is 19.6 Å².